The Bertz CT molecular complexity index is 1340. The molecule has 0 spiro atoms. The number of carbonyl (C=O) groups excluding carboxylic acids is 1. The molecule has 0 saturated heterocycles. The fraction of sp³-hybridized carbons (Fsp3) is 0.120. The fourth-order valence-corrected chi connectivity index (χ4v) is 4.31. The van der Waals surface area contributed by atoms with E-state index in [2.05, 4.69) is 10.4 Å². The van der Waals surface area contributed by atoms with Crippen molar-refractivity contribution >= 4 is 29.1 Å². The third-order valence-electron chi connectivity index (χ3n) is 5.52. The van der Waals surface area contributed by atoms with Crippen LogP contribution in [0.1, 0.15) is 33.2 Å². The number of aromatic nitrogens is 2. The third-order valence-corrected chi connectivity index (χ3v) is 6.10. The van der Waals surface area contributed by atoms with Crippen molar-refractivity contribution in [1.29, 1.82) is 0 Å². The maximum absolute atomic E-state index is 13.2. The van der Waals surface area contributed by atoms with Gasteiger partial charge in [0.25, 0.3) is 5.91 Å². The van der Waals surface area contributed by atoms with Gasteiger partial charge in [-0.2, -0.15) is 5.10 Å². The number of amides is 1. The molecule has 3 aromatic carbocycles. The molecule has 1 aliphatic heterocycles. The second-order valence-corrected chi connectivity index (χ2v) is 8.52. The van der Waals surface area contributed by atoms with Crippen LogP contribution in [0, 0.1) is 0 Å². The zero-order chi connectivity index (χ0) is 22.9. The molecule has 0 fully saturated rings. The highest BCUT2D eigenvalue weighted by molar-refractivity contribution is 6.33. The van der Waals surface area contributed by atoms with Crippen molar-refractivity contribution in [2.75, 3.05) is 6.61 Å². The Morgan fingerprint density at radius 2 is 1.91 bits per heavy atom. The van der Waals surface area contributed by atoms with Gasteiger partial charge < -0.3 is 15.2 Å². The van der Waals surface area contributed by atoms with Gasteiger partial charge in [-0.15, -0.1) is 0 Å². The molecule has 166 valence electrons. The van der Waals surface area contributed by atoms with Crippen molar-refractivity contribution in [2.45, 2.75) is 12.5 Å². The summed E-state index contributed by atoms with van der Waals surface area (Å²) < 4.78 is 7.07. The van der Waals surface area contributed by atoms with Gasteiger partial charge in [0.1, 0.15) is 5.75 Å². The summed E-state index contributed by atoms with van der Waals surface area (Å²) in [4.78, 5) is 13.2. The van der Waals surface area contributed by atoms with Crippen molar-refractivity contribution in [3.8, 4) is 17.2 Å². The SMILES string of the molecule is O=C(NC(c1ccc2c(c1)CCO2)c1cc(Cl)ccc1Cl)c1nn(-c2ccccc2)cc1O. The van der Waals surface area contributed by atoms with Crippen LogP contribution in [0.15, 0.2) is 72.9 Å². The van der Waals surface area contributed by atoms with Gasteiger partial charge in [0.2, 0.25) is 0 Å². The van der Waals surface area contributed by atoms with Crippen molar-refractivity contribution in [1.82, 2.24) is 15.1 Å². The first-order valence-electron chi connectivity index (χ1n) is 10.3. The zero-order valence-electron chi connectivity index (χ0n) is 17.3. The molecule has 1 atom stereocenters. The third kappa shape index (κ3) is 4.27. The van der Waals surface area contributed by atoms with Crippen molar-refractivity contribution in [3.05, 3.63) is 105 Å². The van der Waals surface area contributed by atoms with E-state index in [9.17, 15) is 9.90 Å². The number of nitrogens with one attached hydrogen (secondary N) is 1. The molecular formula is C25H19Cl2N3O3. The predicted molar refractivity (Wildman–Crippen MR) is 127 cm³/mol. The summed E-state index contributed by atoms with van der Waals surface area (Å²) >= 11 is 12.7. The number of fused-ring (bicyclic) bond motifs is 1. The van der Waals surface area contributed by atoms with Gasteiger partial charge >= 0.3 is 0 Å². The largest absolute Gasteiger partial charge is 0.504 e. The van der Waals surface area contributed by atoms with Gasteiger partial charge in [-0.25, -0.2) is 4.68 Å². The highest BCUT2D eigenvalue weighted by Crippen LogP contribution is 2.35. The zero-order valence-corrected chi connectivity index (χ0v) is 18.8. The standard InChI is InChI=1S/C25H19Cl2N3O3/c26-17-7-8-20(27)19(13-17)23(16-6-9-22-15(12-16)10-11-33-22)28-25(32)24-21(31)14-30(29-24)18-4-2-1-3-5-18/h1-9,12-14,23,31H,10-11H2,(H,28,32). The number of hydrogen-bond donors (Lipinski definition) is 2. The molecular weight excluding hydrogens is 461 g/mol. The summed E-state index contributed by atoms with van der Waals surface area (Å²) in [5, 5.41) is 18.7. The number of halogens is 2. The van der Waals surface area contributed by atoms with Crippen LogP contribution in [0.4, 0.5) is 0 Å². The van der Waals surface area contributed by atoms with Gasteiger partial charge in [0.05, 0.1) is 24.5 Å². The molecule has 2 heterocycles. The average Bonchev–Trinajstić information content (AvgIpc) is 3.45. The molecule has 1 unspecified atom stereocenters. The number of hydrogen-bond acceptors (Lipinski definition) is 4. The van der Waals surface area contributed by atoms with E-state index in [1.54, 1.807) is 18.2 Å². The van der Waals surface area contributed by atoms with E-state index in [1.165, 1.54) is 10.9 Å². The molecule has 1 aromatic heterocycles. The summed E-state index contributed by atoms with van der Waals surface area (Å²) in [5.41, 5.74) is 3.14. The molecule has 0 saturated carbocycles. The van der Waals surface area contributed by atoms with Gasteiger partial charge in [-0.1, -0.05) is 47.5 Å². The van der Waals surface area contributed by atoms with Crippen molar-refractivity contribution in [3.63, 3.8) is 0 Å². The summed E-state index contributed by atoms with van der Waals surface area (Å²) in [5.74, 6) is 0.0647. The number of nitrogens with zero attached hydrogens (tertiary/aromatic N) is 2. The highest BCUT2D eigenvalue weighted by Gasteiger charge is 2.26. The number of ether oxygens (including phenoxy) is 1. The minimum Gasteiger partial charge on any atom is -0.504 e. The first kappa shape index (κ1) is 21.4. The van der Waals surface area contributed by atoms with E-state index >= 15 is 0 Å². The first-order chi connectivity index (χ1) is 16.0. The van der Waals surface area contributed by atoms with Crippen LogP contribution < -0.4 is 10.1 Å². The Labute approximate surface area is 200 Å². The van der Waals surface area contributed by atoms with E-state index < -0.39 is 11.9 Å². The molecule has 4 aromatic rings. The summed E-state index contributed by atoms with van der Waals surface area (Å²) in [6.45, 7) is 0.624. The summed E-state index contributed by atoms with van der Waals surface area (Å²) in [6.07, 6.45) is 2.19. The van der Waals surface area contributed by atoms with E-state index in [0.717, 1.165) is 29.0 Å². The molecule has 5 rings (SSSR count). The van der Waals surface area contributed by atoms with Gasteiger partial charge in [0, 0.05) is 16.5 Å². The number of carbonyl (C=O) groups is 1. The van der Waals surface area contributed by atoms with E-state index in [4.69, 9.17) is 27.9 Å². The smallest absolute Gasteiger partial charge is 0.276 e. The number of para-hydroxylation sites is 1. The van der Waals surface area contributed by atoms with Crippen LogP contribution in [0.5, 0.6) is 11.5 Å². The van der Waals surface area contributed by atoms with Gasteiger partial charge in [0.15, 0.2) is 11.4 Å². The fourth-order valence-electron chi connectivity index (χ4n) is 3.90. The quantitative estimate of drug-likeness (QED) is 0.405. The Kier molecular flexibility index (Phi) is 5.70. The van der Waals surface area contributed by atoms with Crippen LogP contribution in [0.2, 0.25) is 10.0 Å². The molecule has 0 bridgehead atoms. The average molecular weight is 480 g/mol. The molecule has 33 heavy (non-hydrogen) atoms. The Balaban J connectivity index is 1.52. The molecule has 2 N–H and O–H groups in total. The lowest BCUT2D eigenvalue weighted by molar-refractivity contribution is 0.0935. The number of aromatic hydroxyl groups is 1. The summed E-state index contributed by atoms with van der Waals surface area (Å²) in [6, 6.07) is 19.5. The van der Waals surface area contributed by atoms with Gasteiger partial charge in [-0.3, -0.25) is 4.79 Å². The highest BCUT2D eigenvalue weighted by atomic mass is 35.5. The van der Waals surface area contributed by atoms with E-state index in [0.29, 0.717) is 22.2 Å². The lowest BCUT2D eigenvalue weighted by Gasteiger charge is -2.21. The van der Waals surface area contributed by atoms with Crippen molar-refractivity contribution < 1.29 is 14.6 Å². The second-order valence-electron chi connectivity index (χ2n) is 7.68. The molecule has 6 nitrogen and oxygen atoms in total. The number of benzene rings is 3. The maximum atomic E-state index is 13.2. The Hall–Kier alpha value is -3.48. The molecule has 0 aliphatic carbocycles. The lowest BCUT2D eigenvalue weighted by Crippen LogP contribution is -2.30. The van der Waals surface area contributed by atoms with Crippen LogP contribution in [-0.2, 0) is 6.42 Å². The van der Waals surface area contributed by atoms with Crippen LogP contribution in [0.3, 0.4) is 0 Å². The normalized spacial score (nSPS) is 13.3. The van der Waals surface area contributed by atoms with Crippen LogP contribution >= 0.6 is 23.2 Å². The Morgan fingerprint density at radius 1 is 1.09 bits per heavy atom. The van der Waals surface area contributed by atoms with E-state index in [1.807, 2.05) is 48.5 Å². The second kappa shape index (κ2) is 8.81. The topological polar surface area (TPSA) is 76.4 Å². The van der Waals surface area contributed by atoms with Crippen LogP contribution in [0.25, 0.3) is 5.69 Å². The van der Waals surface area contributed by atoms with Crippen LogP contribution in [-0.4, -0.2) is 27.4 Å². The summed E-state index contributed by atoms with van der Waals surface area (Å²) in [7, 11) is 0. The van der Waals surface area contributed by atoms with Crippen molar-refractivity contribution in [2.24, 2.45) is 0 Å². The molecule has 8 heteroatoms. The maximum Gasteiger partial charge on any atom is 0.276 e. The molecule has 1 amide bonds. The van der Waals surface area contributed by atoms with Gasteiger partial charge in [-0.05, 0) is 59.2 Å². The minimum absolute atomic E-state index is 0.0912. The molecule has 0 radical (unpaired) electrons. The monoisotopic (exact) mass is 479 g/mol. The molecule has 1 aliphatic rings. The Morgan fingerprint density at radius 3 is 2.73 bits per heavy atom. The minimum atomic E-state index is -0.615. The predicted octanol–water partition coefficient (Wildman–Crippen LogP) is 5.34. The number of rotatable bonds is 5. The first-order valence-corrected chi connectivity index (χ1v) is 11.1. The van der Waals surface area contributed by atoms with E-state index in [-0.39, 0.29) is 11.4 Å². The lowest BCUT2D eigenvalue weighted by atomic mass is 9.96.